The first-order valence-corrected chi connectivity index (χ1v) is 12.5. The fourth-order valence-electron chi connectivity index (χ4n) is 5.80. The van der Waals surface area contributed by atoms with Crippen LogP contribution in [0.15, 0.2) is 59.4 Å². The summed E-state index contributed by atoms with van der Waals surface area (Å²) in [6.07, 6.45) is 0.0880. The van der Waals surface area contributed by atoms with Crippen LogP contribution in [-0.4, -0.2) is 28.3 Å². The molecule has 0 bridgehead atoms. The van der Waals surface area contributed by atoms with Crippen molar-refractivity contribution in [3.05, 3.63) is 93.0 Å². The number of aliphatic hydroxyl groups is 1. The average molecular weight is 487 g/mol. The zero-order chi connectivity index (χ0) is 25.4. The van der Waals surface area contributed by atoms with Crippen molar-refractivity contribution in [1.82, 2.24) is 14.9 Å². The monoisotopic (exact) mass is 486 g/mol. The normalized spacial score (nSPS) is 16.9. The first-order chi connectivity index (χ1) is 17.4. The highest BCUT2D eigenvalue weighted by Crippen LogP contribution is 2.42. The molecule has 0 spiro atoms. The number of hydrogen-bond donors (Lipinski definition) is 4. The number of fused-ring (bicyclic) bond motifs is 2. The highest BCUT2D eigenvalue weighted by Gasteiger charge is 2.30. The van der Waals surface area contributed by atoms with Crippen LogP contribution in [0.3, 0.4) is 0 Å². The lowest BCUT2D eigenvalue weighted by Crippen LogP contribution is -2.27. The lowest BCUT2D eigenvalue weighted by atomic mass is 9.85. The van der Waals surface area contributed by atoms with Crippen LogP contribution in [0.2, 0.25) is 0 Å². The van der Waals surface area contributed by atoms with E-state index < -0.39 is 6.23 Å². The van der Waals surface area contributed by atoms with Crippen LogP contribution >= 0.6 is 0 Å². The molecule has 0 aliphatic carbocycles. The highest BCUT2D eigenvalue weighted by atomic mass is 16.5. The van der Waals surface area contributed by atoms with Crippen LogP contribution in [0.5, 0.6) is 5.75 Å². The van der Waals surface area contributed by atoms with Crippen molar-refractivity contribution in [3.8, 4) is 5.75 Å². The van der Waals surface area contributed by atoms with E-state index >= 15 is 0 Å². The molecule has 0 radical (unpaired) electrons. The van der Waals surface area contributed by atoms with Crippen molar-refractivity contribution in [2.75, 3.05) is 19.0 Å². The summed E-state index contributed by atoms with van der Waals surface area (Å²) in [7, 11) is 1.55. The maximum atomic E-state index is 12.6. The molecular weight excluding hydrogens is 452 g/mol. The summed E-state index contributed by atoms with van der Waals surface area (Å²) >= 11 is 0. The summed E-state index contributed by atoms with van der Waals surface area (Å²) in [5.74, 6) is 0.860. The van der Waals surface area contributed by atoms with Crippen LogP contribution in [-0.2, 0) is 6.54 Å². The van der Waals surface area contributed by atoms with Gasteiger partial charge >= 0.3 is 0 Å². The van der Waals surface area contributed by atoms with E-state index in [1.807, 2.05) is 19.1 Å². The van der Waals surface area contributed by atoms with Crippen molar-refractivity contribution in [2.24, 2.45) is 0 Å². The Morgan fingerprint density at radius 1 is 1.17 bits per heavy atom. The zero-order valence-electron chi connectivity index (χ0n) is 21.3. The number of benzene rings is 2. The predicted octanol–water partition coefficient (Wildman–Crippen LogP) is 4.90. The number of anilines is 1. The first kappa shape index (κ1) is 24.2. The van der Waals surface area contributed by atoms with Gasteiger partial charge in [-0.1, -0.05) is 36.4 Å². The Morgan fingerprint density at radius 3 is 2.72 bits per heavy atom. The van der Waals surface area contributed by atoms with Gasteiger partial charge in [0, 0.05) is 58.6 Å². The van der Waals surface area contributed by atoms with Gasteiger partial charge in [-0.2, -0.15) is 0 Å². The van der Waals surface area contributed by atoms with Crippen molar-refractivity contribution in [3.63, 3.8) is 0 Å². The third kappa shape index (κ3) is 4.18. The molecule has 0 amide bonds. The lowest BCUT2D eigenvalue weighted by Gasteiger charge is -2.33. The maximum absolute atomic E-state index is 12.6. The predicted molar refractivity (Wildman–Crippen MR) is 144 cm³/mol. The van der Waals surface area contributed by atoms with Gasteiger partial charge in [-0.15, -0.1) is 0 Å². The Hall–Kier alpha value is -3.55. The average Bonchev–Trinajstić information content (AvgIpc) is 3.18. The largest absolute Gasteiger partial charge is 0.496 e. The molecule has 3 atom stereocenters. The van der Waals surface area contributed by atoms with E-state index in [9.17, 15) is 9.90 Å². The number of para-hydroxylation sites is 2. The SMILES string of the molecule is COc1cc(C)[nH]c(=O)c1CNC(O)c1c(C)n(C(C)C2CCNc3ccccc32)c2ccccc12. The molecule has 2 aromatic carbocycles. The molecule has 5 rings (SSSR count). The minimum atomic E-state index is -0.950. The quantitative estimate of drug-likeness (QED) is 0.279. The second-order valence-electron chi connectivity index (χ2n) is 9.65. The van der Waals surface area contributed by atoms with Gasteiger partial charge < -0.3 is 24.7 Å². The van der Waals surface area contributed by atoms with Gasteiger partial charge in [0.15, 0.2) is 0 Å². The molecule has 4 N–H and O–H groups in total. The number of nitrogens with one attached hydrogen (secondary N) is 3. The lowest BCUT2D eigenvalue weighted by molar-refractivity contribution is 0.137. The fraction of sp³-hybridized carbons (Fsp3) is 0.345. The Morgan fingerprint density at radius 2 is 1.92 bits per heavy atom. The number of ether oxygens (including phenoxy) is 1. The van der Waals surface area contributed by atoms with Crippen LogP contribution in [0.1, 0.15) is 59.6 Å². The summed E-state index contributed by atoms with van der Waals surface area (Å²) < 4.78 is 7.78. The van der Waals surface area contributed by atoms with Crippen LogP contribution < -0.4 is 20.9 Å². The maximum Gasteiger partial charge on any atom is 0.256 e. The van der Waals surface area contributed by atoms with Crippen molar-refractivity contribution >= 4 is 16.6 Å². The second kappa shape index (κ2) is 9.84. The topological polar surface area (TPSA) is 91.3 Å². The van der Waals surface area contributed by atoms with Crippen molar-refractivity contribution in [1.29, 1.82) is 0 Å². The van der Waals surface area contributed by atoms with Gasteiger partial charge in [0.05, 0.1) is 12.7 Å². The number of aromatic nitrogens is 2. The standard InChI is InChI=1S/C29H34N4O3/c1-17-15-26(36-4)23(28(34)32-17)16-31-29(35)27-19(3)33(25-12-8-6-10-22(25)27)18(2)20-13-14-30-24-11-7-5-9-21(20)24/h5-12,15,18,20,29-31,35H,13-14,16H2,1-4H3,(H,32,34). The van der Waals surface area contributed by atoms with E-state index in [0.717, 1.165) is 40.8 Å². The molecule has 1 aliphatic rings. The molecule has 0 saturated carbocycles. The van der Waals surface area contributed by atoms with E-state index in [1.165, 1.54) is 11.3 Å². The summed E-state index contributed by atoms with van der Waals surface area (Å²) in [4.78, 5) is 15.4. The number of aliphatic hydroxyl groups excluding tert-OH is 1. The third-order valence-electron chi connectivity index (χ3n) is 7.52. The molecule has 1 aliphatic heterocycles. The van der Waals surface area contributed by atoms with Gasteiger partial charge in [-0.05, 0) is 51.0 Å². The summed E-state index contributed by atoms with van der Waals surface area (Å²) in [6.45, 7) is 7.27. The number of pyridine rings is 1. The van der Waals surface area contributed by atoms with Gasteiger partial charge in [0.1, 0.15) is 12.0 Å². The third-order valence-corrected chi connectivity index (χ3v) is 7.52. The minimum Gasteiger partial charge on any atom is -0.496 e. The number of hydrogen-bond acceptors (Lipinski definition) is 5. The molecular formula is C29H34N4O3. The van der Waals surface area contributed by atoms with Gasteiger partial charge in [-0.25, -0.2) is 0 Å². The Bertz CT molecular complexity index is 1450. The van der Waals surface area contributed by atoms with E-state index in [2.05, 4.69) is 70.4 Å². The summed E-state index contributed by atoms with van der Waals surface area (Å²) in [6, 6.07) is 18.7. The molecule has 0 fully saturated rings. The Kier molecular flexibility index (Phi) is 6.60. The molecule has 0 saturated heterocycles. The van der Waals surface area contributed by atoms with Crippen molar-refractivity contribution in [2.45, 2.75) is 51.9 Å². The number of methoxy groups -OCH3 is 1. The van der Waals surface area contributed by atoms with Crippen molar-refractivity contribution < 1.29 is 9.84 Å². The molecule has 7 nitrogen and oxygen atoms in total. The molecule has 2 aromatic heterocycles. The number of aromatic amines is 1. The van der Waals surface area contributed by atoms with E-state index in [4.69, 9.17) is 4.74 Å². The molecule has 7 heteroatoms. The second-order valence-corrected chi connectivity index (χ2v) is 9.65. The number of aryl methyl sites for hydroxylation is 1. The molecule has 4 aromatic rings. The number of nitrogens with zero attached hydrogens (tertiary/aromatic N) is 1. The molecule has 3 heterocycles. The Balaban J connectivity index is 1.50. The van der Waals surface area contributed by atoms with E-state index in [-0.39, 0.29) is 18.1 Å². The van der Waals surface area contributed by atoms with Gasteiger partial charge in [0.25, 0.3) is 5.56 Å². The number of rotatable bonds is 7. The summed E-state index contributed by atoms with van der Waals surface area (Å²) in [5.41, 5.74) is 6.46. The summed E-state index contributed by atoms with van der Waals surface area (Å²) in [5, 5.41) is 19.0. The molecule has 36 heavy (non-hydrogen) atoms. The van der Waals surface area contributed by atoms with Crippen LogP contribution in [0.4, 0.5) is 5.69 Å². The smallest absolute Gasteiger partial charge is 0.256 e. The highest BCUT2D eigenvalue weighted by molar-refractivity contribution is 5.86. The molecule has 188 valence electrons. The van der Waals surface area contributed by atoms with E-state index in [0.29, 0.717) is 17.2 Å². The van der Waals surface area contributed by atoms with Gasteiger partial charge in [-0.3, -0.25) is 10.1 Å². The fourth-order valence-corrected chi connectivity index (χ4v) is 5.80. The van der Waals surface area contributed by atoms with E-state index in [1.54, 1.807) is 13.2 Å². The number of H-pyrrole nitrogens is 1. The zero-order valence-corrected chi connectivity index (χ0v) is 21.3. The van der Waals surface area contributed by atoms with Crippen LogP contribution in [0, 0.1) is 13.8 Å². The van der Waals surface area contributed by atoms with Crippen LogP contribution in [0.25, 0.3) is 10.9 Å². The van der Waals surface area contributed by atoms with Gasteiger partial charge in [0.2, 0.25) is 0 Å². The molecule has 3 unspecified atom stereocenters. The first-order valence-electron chi connectivity index (χ1n) is 12.5. The Labute approximate surface area is 211 Å². The minimum absolute atomic E-state index is 0.177.